The van der Waals surface area contributed by atoms with E-state index >= 15 is 0 Å². The third-order valence-corrected chi connectivity index (χ3v) is 3.71. The van der Waals surface area contributed by atoms with Gasteiger partial charge in [0.2, 0.25) is 0 Å². The van der Waals surface area contributed by atoms with E-state index in [1.807, 2.05) is 43.4 Å². The van der Waals surface area contributed by atoms with E-state index < -0.39 is 11.6 Å². The van der Waals surface area contributed by atoms with Crippen molar-refractivity contribution in [2.75, 3.05) is 0 Å². The molecule has 0 aliphatic carbocycles. The molecule has 0 radical (unpaired) electrons. The standard InChI is InChI=1S/C14H13F2IN2O/c1-14(2,3)11-10(17)13(20)19-12(18-11)7-4-8(15)6-9(16)5-7/h4-6H,1-3H3,(H,18,19,20). The van der Waals surface area contributed by atoms with Gasteiger partial charge in [-0.3, -0.25) is 4.79 Å². The zero-order valence-corrected chi connectivity index (χ0v) is 13.4. The Kier molecular flexibility index (Phi) is 3.95. The fraction of sp³-hybridized carbons (Fsp3) is 0.286. The van der Waals surface area contributed by atoms with Crippen LogP contribution in [-0.4, -0.2) is 9.97 Å². The quantitative estimate of drug-likeness (QED) is 0.757. The average Bonchev–Trinajstić information content (AvgIpc) is 2.29. The van der Waals surface area contributed by atoms with E-state index in [4.69, 9.17) is 0 Å². The first-order valence-electron chi connectivity index (χ1n) is 5.95. The molecule has 1 aromatic carbocycles. The van der Waals surface area contributed by atoms with Crippen molar-refractivity contribution in [3.63, 3.8) is 0 Å². The second kappa shape index (κ2) is 5.23. The van der Waals surface area contributed by atoms with E-state index in [2.05, 4.69) is 9.97 Å². The van der Waals surface area contributed by atoms with Gasteiger partial charge in [-0.2, -0.15) is 0 Å². The molecule has 0 aliphatic heterocycles. The Morgan fingerprint density at radius 3 is 2.20 bits per heavy atom. The van der Waals surface area contributed by atoms with Gasteiger partial charge in [0, 0.05) is 17.0 Å². The number of halogens is 3. The average molecular weight is 390 g/mol. The number of hydrogen-bond acceptors (Lipinski definition) is 2. The van der Waals surface area contributed by atoms with Gasteiger partial charge in [-0.25, -0.2) is 13.8 Å². The Labute approximate surface area is 128 Å². The summed E-state index contributed by atoms with van der Waals surface area (Å²) in [5.74, 6) is -1.25. The number of nitrogens with zero attached hydrogens (tertiary/aromatic N) is 1. The number of aromatic amines is 1. The second-order valence-corrected chi connectivity index (χ2v) is 6.56. The lowest BCUT2D eigenvalue weighted by molar-refractivity contribution is 0.561. The van der Waals surface area contributed by atoms with Crippen molar-refractivity contribution in [2.45, 2.75) is 26.2 Å². The number of hydrogen-bond donors (Lipinski definition) is 1. The second-order valence-electron chi connectivity index (χ2n) is 5.49. The van der Waals surface area contributed by atoms with Gasteiger partial charge in [0.25, 0.3) is 5.56 Å². The van der Waals surface area contributed by atoms with Gasteiger partial charge >= 0.3 is 0 Å². The van der Waals surface area contributed by atoms with Crippen molar-refractivity contribution in [3.8, 4) is 11.4 Å². The van der Waals surface area contributed by atoms with Crippen LogP contribution >= 0.6 is 22.6 Å². The van der Waals surface area contributed by atoms with Crippen LogP contribution in [0.2, 0.25) is 0 Å². The first-order chi connectivity index (χ1) is 9.18. The van der Waals surface area contributed by atoms with Crippen LogP contribution in [0, 0.1) is 15.2 Å². The van der Waals surface area contributed by atoms with E-state index in [1.165, 1.54) is 0 Å². The SMILES string of the molecule is CC(C)(C)c1nc(-c2cc(F)cc(F)c2)[nH]c(=O)c1I. The normalized spacial score (nSPS) is 11.7. The summed E-state index contributed by atoms with van der Waals surface area (Å²) in [5, 5.41) is 0. The summed E-state index contributed by atoms with van der Waals surface area (Å²) in [5.41, 5.74) is 0.152. The highest BCUT2D eigenvalue weighted by atomic mass is 127. The lowest BCUT2D eigenvalue weighted by Crippen LogP contribution is -2.24. The Hall–Kier alpha value is -1.31. The summed E-state index contributed by atoms with van der Waals surface area (Å²) in [4.78, 5) is 18.9. The summed E-state index contributed by atoms with van der Waals surface area (Å²) >= 11 is 1.93. The van der Waals surface area contributed by atoms with E-state index in [1.54, 1.807) is 0 Å². The molecule has 0 saturated carbocycles. The molecule has 0 amide bonds. The number of H-pyrrole nitrogens is 1. The van der Waals surface area contributed by atoms with Crippen LogP contribution in [0.1, 0.15) is 26.5 Å². The van der Waals surface area contributed by atoms with Crippen LogP contribution in [0.15, 0.2) is 23.0 Å². The van der Waals surface area contributed by atoms with Gasteiger partial charge in [-0.1, -0.05) is 20.8 Å². The molecule has 0 unspecified atom stereocenters. The molecule has 0 bridgehead atoms. The molecule has 2 aromatic rings. The highest BCUT2D eigenvalue weighted by molar-refractivity contribution is 14.1. The number of aromatic nitrogens is 2. The summed E-state index contributed by atoms with van der Waals surface area (Å²) in [6.45, 7) is 5.77. The Morgan fingerprint density at radius 1 is 1.15 bits per heavy atom. The molecule has 3 nitrogen and oxygen atoms in total. The summed E-state index contributed by atoms with van der Waals surface area (Å²) in [6, 6.07) is 3.06. The van der Waals surface area contributed by atoms with Crippen molar-refractivity contribution in [1.29, 1.82) is 0 Å². The molecule has 0 saturated heterocycles. The van der Waals surface area contributed by atoms with Crippen LogP contribution in [0.3, 0.4) is 0 Å². The lowest BCUT2D eigenvalue weighted by Gasteiger charge is -2.19. The van der Waals surface area contributed by atoms with Crippen molar-refractivity contribution < 1.29 is 8.78 Å². The van der Waals surface area contributed by atoms with Crippen molar-refractivity contribution in [1.82, 2.24) is 9.97 Å². The minimum absolute atomic E-state index is 0.166. The molecule has 1 heterocycles. The van der Waals surface area contributed by atoms with Crippen LogP contribution < -0.4 is 5.56 Å². The molecular formula is C14H13F2IN2O. The topological polar surface area (TPSA) is 45.8 Å². The smallest absolute Gasteiger partial charge is 0.264 e. The maximum Gasteiger partial charge on any atom is 0.264 e. The van der Waals surface area contributed by atoms with Gasteiger partial charge in [-0.15, -0.1) is 0 Å². The number of rotatable bonds is 1. The molecular weight excluding hydrogens is 377 g/mol. The van der Waals surface area contributed by atoms with Gasteiger partial charge in [-0.05, 0) is 34.7 Å². The third-order valence-electron chi connectivity index (χ3n) is 2.71. The fourth-order valence-corrected chi connectivity index (χ4v) is 2.85. The predicted octanol–water partition coefficient (Wildman–Crippen LogP) is 3.62. The molecule has 2 rings (SSSR count). The van der Waals surface area contributed by atoms with Crippen LogP contribution in [0.5, 0.6) is 0 Å². The zero-order chi connectivity index (χ0) is 15.1. The Morgan fingerprint density at radius 2 is 1.70 bits per heavy atom. The molecule has 1 aromatic heterocycles. The van der Waals surface area contributed by atoms with Crippen LogP contribution in [-0.2, 0) is 5.41 Å². The largest absolute Gasteiger partial charge is 0.306 e. The minimum Gasteiger partial charge on any atom is -0.306 e. The molecule has 6 heteroatoms. The van der Waals surface area contributed by atoms with Crippen molar-refractivity contribution in [2.24, 2.45) is 0 Å². The van der Waals surface area contributed by atoms with E-state index in [9.17, 15) is 13.6 Å². The monoisotopic (exact) mass is 390 g/mol. The minimum atomic E-state index is -0.710. The van der Waals surface area contributed by atoms with Gasteiger partial charge in [0.05, 0.1) is 5.69 Å². The summed E-state index contributed by atoms with van der Waals surface area (Å²) in [6.07, 6.45) is 0. The third kappa shape index (κ3) is 3.05. The fourth-order valence-electron chi connectivity index (χ4n) is 1.78. The molecule has 0 fully saturated rings. The molecule has 0 spiro atoms. The van der Waals surface area contributed by atoms with Crippen molar-refractivity contribution >= 4 is 22.6 Å². The van der Waals surface area contributed by atoms with E-state index in [0.717, 1.165) is 18.2 Å². The highest BCUT2D eigenvalue weighted by Gasteiger charge is 2.22. The molecule has 0 atom stereocenters. The first kappa shape index (κ1) is 15.1. The Bertz CT molecular complexity index is 700. The van der Waals surface area contributed by atoms with Gasteiger partial charge < -0.3 is 4.98 Å². The van der Waals surface area contributed by atoms with Crippen LogP contribution in [0.25, 0.3) is 11.4 Å². The van der Waals surface area contributed by atoms with E-state index in [-0.39, 0.29) is 22.4 Å². The summed E-state index contributed by atoms with van der Waals surface area (Å²) in [7, 11) is 0. The van der Waals surface area contributed by atoms with E-state index in [0.29, 0.717) is 9.26 Å². The van der Waals surface area contributed by atoms with Gasteiger partial charge in [0.15, 0.2) is 0 Å². The van der Waals surface area contributed by atoms with Gasteiger partial charge in [0.1, 0.15) is 21.0 Å². The maximum absolute atomic E-state index is 13.3. The molecule has 1 N–H and O–H groups in total. The first-order valence-corrected chi connectivity index (χ1v) is 7.03. The molecule has 106 valence electrons. The van der Waals surface area contributed by atoms with Crippen molar-refractivity contribution in [3.05, 3.63) is 49.5 Å². The Balaban J connectivity index is 2.70. The highest BCUT2D eigenvalue weighted by Crippen LogP contribution is 2.25. The number of benzene rings is 1. The number of nitrogens with one attached hydrogen (secondary N) is 1. The lowest BCUT2D eigenvalue weighted by atomic mass is 9.92. The van der Waals surface area contributed by atoms with Crippen LogP contribution in [0.4, 0.5) is 8.78 Å². The summed E-state index contributed by atoms with van der Waals surface area (Å²) < 4.78 is 27.0. The molecule has 0 aliphatic rings. The predicted molar refractivity (Wildman–Crippen MR) is 81.6 cm³/mol. The zero-order valence-electron chi connectivity index (χ0n) is 11.2. The maximum atomic E-state index is 13.3. The molecule has 20 heavy (non-hydrogen) atoms.